The van der Waals surface area contributed by atoms with Crippen molar-refractivity contribution in [1.82, 2.24) is 10.6 Å². The maximum atomic E-state index is 12.5. The summed E-state index contributed by atoms with van der Waals surface area (Å²) in [6, 6.07) is 6.90. The maximum absolute atomic E-state index is 12.5. The largest absolute Gasteiger partial charge is 0.480 e. The first-order valence-corrected chi connectivity index (χ1v) is 9.63. The summed E-state index contributed by atoms with van der Waals surface area (Å²) in [5, 5.41) is 24.8. The van der Waals surface area contributed by atoms with Gasteiger partial charge in [-0.15, -0.1) is 0 Å². The molecule has 0 saturated heterocycles. The first kappa shape index (κ1) is 24.4. The zero-order chi connectivity index (χ0) is 22.2. The van der Waals surface area contributed by atoms with E-state index >= 15 is 0 Å². The first-order chi connectivity index (χ1) is 13.4. The van der Waals surface area contributed by atoms with Crippen LogP contribution in [0.1, 0.15) is 46.6 Å². The molecule has 4 N–H and O–H groups in total. The van der Waals surface area contributed by atoms with Gasteiger partial charge in [0.15, 0.2) is 6.10 Å². The number of aliphatic carboxylic acids is 1. The van der Waals surface area contributed by atoms with Gasteiger partial charge in [-0.25, -0.2) is 9.59 Å². The highest BCUT2D eigenvalue weighted by atomic mass is 16.6. The molecule has 162 valence electrons. The smallest absolute Gasteiger partial charge is 0.407 e. The number of nitrogens with one attached hydrogen (secondary N) is 2. The van der Waals surface area contributed by atoms with Gasteiger partial charge in [0, 0.05) is 0 Å². The molecule has 0 aromatic heterocycles. The SMILES string of the molecule is CC(C)CC(NC(=O)[C@@H](O)[C@@H](Cc1ccccc1)NC(=O)OC(C)(C)C)C(=O)O. The van der Waals surface area contributed by atoms with E-state index in [0.717, 1.165) is 5.56 Å². The van der Waals surface area contributed by atoms with Crippen LogP contribution in [-0.2, 0) is 20.7 Å². The number of hydrogen-bond acceptors (Lipinski definition) is 5. The van der Waals surface area contributed by atoms with Crippen molar-refractivity contribution < 1.29 is 29.3 Å². The van der Waals surface area contributed by atoms with Gasteiger partial charge in [0.25, 0.3) is 5.91 Å². The number of benzene rings is 1. The van der Waals surface area contributed by atoms with E-state index in [1.54, 1.807) is 45.0 Å². The quantitative estimate of drug-likeness (QED) is 0.496. The number of carboxylic acids is 1. The van der Waals surface area contributed by atoms with E-state index < -0.39 is 41.8 Å². The highest BCUT2D eigenvalue weighted by Crippen LogP contribution is 2.12. The summed E-state index contributed by atoms with van der Waals surface area (Å²) in [5.74, 6) is -2.01. The second-order valence-electron chi connectivity index (χ2n) is 8.42. The number of aliphatic hydroxyl groups excluding tert-OH is 1. The molecule has 29 heavy (non-hydrogen) atoms. The minimum atomic E-state index is -1.66. The van der Waals surface area contributed by atoms with E-state index in [0.29, 0.717) is 0 Å². The Morgan fingerprint density at radius 3 is 2.14 bits per heavy atom. The minimum Gasteiger partial charge on any atom is -0.480 e. The van der Waals surface area contributed by atoms with Crippen molar-refractivity contribution in [2.45, 2.75) is 71.2 Å². The molecule has 3 atom stereocenters. The molecule has 0 bridgehead atoms. The molecular weight excluding hydrogens is 376 g/mol. The van der Waals surface area contributed by atoms with Crippen molar-refractivity contribution in [3.8, 4) is 0 Å². The Morgan fingerprint density at radius 1 is 1.07 bits per heavy atom. The molecule has 1 aromatic rings. The van der Waals surface area contributed by atoms with E-state index in [1.807, 2.05) is 19.9 Å². The predicted octanol–water partition coefficient (Wildman–Crippen LogP) is 2.10. The van der Waals surface area contributed by atoms with Gasteiger partial charge in [-0.2, -0.15) is 0 Å². The normalized spacial score (nSPS) is 14.6. The number of rotatable bonds is 9. The first-order valence-electron chi connectivity index (χ1n) is 9.63. The van der Waals surface area contributed by atoms with Gasteiger partial charge in [0.2, 0.25) is 0 Å². The molecule has 2 amide bonds. The molecule has 8 nitrogen and oxygen atoms in total. The summed E-state index contributed by atoms with van der Waals surface area (Å²) >= 11 is 0. The Bertz CT molecular complexity index is 684. The van der Waals surface area contributed by atoms with E-state index in [4.69, 9.17) is 4.74 Å². The van der Waals surface area contributed by atoms with Crippen LogP contribution in [0.2, 0.25) is 0 Å². The topological polar surface area (TPSA) is 125 Å². The molecule has 1 aromatic carbocycles. The summed E-state index contributed by atoms with van der Waals surface area (Å²) in [5.41, 5.74) is 0.0395. The van der Waals surface area contributed by atoms with E-state index in [2.05, 4.69) is 10.6 Å². The molecule has 0 aliphatic carbocycles. The number of carboxylic acid groups (broad SMARTS) is 1. The summed E-state index contributed by atoms with van der Waals surface area (Å²) < 4.78 is 5.22. The van der Waals surface area contributed by atoms with E-state index in [-0.39, 0.29) is 18.8 Å². The number of alkyl carbamates (subject to hydrolysis) is 1. The average molecular weight is 408 g/mol. The molecular formula is C21H32N2O6. The van der Waals surface area contributed by atoms with Gasteiger partial charge < -0.3 is 25.6 Å². The zero-order valence-electron chi connectivity index (χ0n) is 17.6. The Balaban J connectivity index is 2.95. The highest BCUT2D eigenvalue weighted by Gasteiger charge is 2.32. The third-order valence-electron chi connectivity index (χ3n) is 3.97. The number of hydrogen-bond donors (Lipinski definition) is 4. The number of carbonyl (C=O) groups is 3. The van der Waals surface area contributed by atoms with Crippen molar-refractivity contribution in [2.75, 3.05) is 0 Å². The Morgan fingerprint density at radius 2 is 1.66 bits per heavy atom. The van der Waals surface area contributed by atoms with Gasteiger partial charge in [0.05, 0.1) is 6.04 Å². The second kappa shape index (κ2) is 10.8. The van der Waals surface area contributed by atoms with Gasteiger partial charge in [-0.05, 0) is 45.1 Å². The lowest BCUT2D eigenvalue weighted by atomic mass is 9.99. The van der Waals surface area contributed by atoms with Crippen LogP contribution in [0.15, 0.2) is 30.3 Å². The van der Waals surface area contributed by atoms with Crippen LogP contribution in [0.3, 0.4) is 0 Å². The van der Waals surface area contributed by atoms with Crippen molar-refractivity contribution in [1.29, 1.82) is 0 Å². The number of amides is 2. The molecule has 0 saturated carbocycles. The van der Waals surface area contributed by atoms with Crippen molar-refractivity contribution in [3.05, 3.63) is 35.9 Å². The molecule has 0 aliphatic rings. The fourth-order valence-corrected chi connectivity index (χ4v) is 2.70. The fourth-order valence-electron chi connectivity index (χ4n) is 2.70. The Labute approximate surface area is 171 Å². The molecule has 0 aliphatic heterocycles. The molecule has 0 radical (unpaired) electrons. The highest BCUT2D eigenvalue weighted by molar-refractivity contribution is 5.87. The van der Waals surface area contributed by atoms with Gasteiger partial charge in [0.1, 0.15) is 11.6 Å². The molecule has 1 unspecified atom stereocenters. The van der Waals surface area contributed by atoms with Crippen LogP contribution >= 0.6 is 0 Å². The van der Waals surface area contributed by atoms with Crippen LogP contribution in [0.5, 0.6) is 0 Å². The Hall–Kier alpha value is -2.61. The Kier molecular flexibility index (Phi) is 9.10. The van der Waals surface area contributed by atoms with Crippen LogP contribution in [0.4, 0.5) is 4.79 Å². The molecule has 8 heteroatoms. The lowest BCUT2D eigenvalue weighted by molar-refractivity contribution is -0.144. The molecule has 0 heterocycles. The lowest BCUT2D eigenvalue weighted by Crippen LogP contribution is -2.55. The van der Waals surface area contributed by atoms with Gasteiger partial charge >= 0.3 is 12.1 Å². The van der Waals surface area contributed by atoms with Crippen molar-refractivity contribution in [2.24, 2.45) is 5.92 Å². The van der Waals surface area contributed by atoms with Crippen LogP contribution in [0, 0.1) is 5.92 Å². The molecule has 0 spiro atoms. The average Bonchev–Trinajstić information content (AvgIpc) is 2.58. The zero-order valence-corrected chi connectivity index (χ0v) is 17.6. The number of aliphatic hydroxyl groups is 1. The third-order valence-corrected chi connectivity index (χ3v) is 3.97. The minimum absolute atomic E-state index is 0.0357. The van der Waals surface area contributed by atoms with Gasteiger partial charge in [-0.3, -0.25) is 4.79 Å². The van der Waals surface area contributed by atoms with Crippen LogP contribution < -0.4 is 10.6 Å². The lowest BCUT2D eigenvalue weighted by Gasteiger charge is -2.27. The van der Waals surface area contributed by atoms with Crippen LogP contribution in [0.25, 0.3) is 0 Å². The summed E-state index contributed by atoms with van der Waals surface area (Å²) in [4.78, 5) is 36.1. The standard InChI is InChI=1S/C21H32N2O6/c1-13(2)11-16(19(26)27)22-18(25)17(24)15(12-14-9-7-6-8-10-14)23-20(28)29-21(3,4)5/h6-10,13,15-17,24H,11-12H2,1-5H3,(H,22,25)(H,23,28)(H,26,27)/t15-,16?,17+/m1/s1. The maximum Gasteiger partial charge on any atom is 0.407 e. The number of carbonyl (C=O) groups excluding carboxylic acids is 2. The van der Waals surface area contributed by atoms with Gasteiger partial charge in [-0.1, -0.05) is 44.2 Å². The number of ether oxygens (including phenoxy) is 1. The summed E-state index contributed by atoms with van der Waals surface area (Å²) in [6.45, 7) is 8.77. The molecule has 1 rings (SSSR count). The van der Waals surface area contributed by atoms with Crippen LogP contribution in [-0.4, -0.2) is 52.0 Å². The predicted molar refractivity (Wildman–Crippen MR) is 108 cm³/mol. The summed E-state index contributed by atoms with van der Waals surface area (Å²) in [7, 11) is 0. The molecule has 0 fully saturated rings. The fraction of sp³-hybridized carbons (Fsp3) is 0.571. The van der Waals surface area contributed by atoms with Crippen molar-refractivity contribution >= 4 is 18.0 Å². The second-order valence-corrected chi connectivity index (χ2v) is 8.42. The van der Waals surface area contributed by atoms with Crippen molar-refractivity contribution in [3.63, 3.8) is 0 Å². The third kappa shape index (κ3) is 9.43. The summed E-state index contributed by atoms with van der Waals surface area (Å²) in [6.07, 6.45) is -2.05. The van der Waals surface area contributed by atoms with E-state index in [1.165, 1.54) is 0 Å². The monoisotopic (exact) mass is 408 g/mol. The van der Waals surface area contributed by atoms with E-state index in [9.17, 15) is 24.6 Å².